The Hall–Kier alpha value is -1.63. The first kappa shape index (κ1) is 15.8. The summed E-state index contributed by atoms with van der Waals surface area (Å²) in [7, 11) is 1.79. The summed E-state index contributed by atoms with van der Waals surface area (Å²) >= 11 is 0. The fraction of sp³-hybridized carbons (Fsp3) is 0.786. The van der Waals surface area contributed by atoms with Gasteiger partial charge in [-0.2, -0.15) is 15.0 Å². The molecule has 0 bridgehead atoms. The number of likely N-dealkylation sites (tertiary alicyclic amines) is 1. The van der Waals surface area contributed by atoms with Crippen LogP contribution in [0.3, 0.4) is 0 Å². The second kappa shape index (κ2) is 7.97. The molecule has 1 aromatic heterocycles. The van der Waals surface area contributed by atoms with Gasteiger partial charge in [-0.3, -0.25) is 0 Å². The van der Waals surface area contributed by atoms with Crippen molar-refractivity contribution in [3.8, 4) is 6.01 Å². The molecule has 1 saturated heterocycles. The van der Waals surface area contributed by atoms with Crippen molar-refractivity contribution in [2.45, 2.75) is 39.2 Å². The molecule has 0 saturated carbocycles. The minimum absolute atomic E-state index is 0.377. The number of aromatic nitrogens is 3. The number of nitrogens with zero attached hydrogens (tertiary/aromatic N) is 4. The monoisotopic (exact) mass is 294 g/mol. The number of hydrogen-bond acceptors (Lipinski definition) is 7. The van der Waals surface area contributed by atoms with Crippen molar-refractivity contribution in [2.24, 2.45) is 0 Å². The Labute approximate surface area is 126 Å². The van der Waals surface area contributed by atoms with E-state index < -0.39 is 0 Å². The number of ether oxygens (including phenoxy) is 1. The molecule has 2 heterocycles. The molecule has 7 heteroatoms. The van der Waals surface area contributed by atoms with E-state index in [0.29, 0.717) is 30.6 Å². The molecular weight excluding hydrogens is 268 g/mol. The van der Waals surface area contributed by atoms with Gasteiger partial charge in [0.05, 0.1) is 6.61 Å². The zero-order valence-corrected chi connectivity index (χ0v) is 13.2. The van der Waals surface area contributed by atoms with Crippen LogP contribution in [0.1, 0.15) is 33.1 Å². The summed E-state index contributed by atoms with van der Waals surface area (Å²) in [6.45, 7) is 8.16. The average Bonchev–Trinajstić information content (AvgIpc) is 2.52. The largest absolute Gasteiger partial charge is 0.463 e. The maximum atomic E-state index is 5.52. The Morgan fingerprint density at radius 2 is 2.05 bits per heavy atom. The molecule has 1 aromatic rings. The molecule has 1 atom stereocenters. The van der Waals surface area contributed by atoms with Gasteiger partial charge in [-0.25, -0.2) is 0 Å². The minimum atomic E-state index is 0.377. The number of piperidine rings is 1. The third-order valence-electron chi connectivity index (χ3n) is 3.56. The molecule has 7 nitrogen and oxygen atoms in total. The van der Waals surface area contributed by atoms with Crippen molar-refractivity contribution in [2.75, 3.05) is 43.9 Å². The van der Waals surface area contributed by atoms with Crippen LogP contribution < -0.4 is 15.4 Å². The van der Waals surface area contributed by atoms with Crippen LogP contribution in [0.4, 0.5) is 11.9 Å². The lowest BCUT2D eigenvalue weighted by atomic mass is 10.1. The van der Waals surface area contributed by atoms with E-state index >= 15 is 0 Å². The predicted molar refractivity (Wildman–Crippen MR) is 83.9 cm³/mol. The highest BCUT2D eigenvalue weighted by molar-refractivity contribution is 5.36. The second-order valence-corrected chi connectivity index (χ2v) is 5.24. The maximum absolute atomic E-state index is 5.52. The van der Waals surface area contributed by atoms with E-state index in [4.69, 9.17) is 4.74 Å². The van der Waals surface area contributed by atoms with Crippen molar-refractivity contribution >= 4 is 11.9 Å². The van der Waals surface area contributed by atoms with Gasteiger partial charge in [-0.15, -0.1) is 0 Å². The van der Waals surface area contributed by atoms with Gasteiger partial charge in [0.25, 0.3) is 0 Å². The maximum Gasteiger partial charge on any atom is 0.323 e. The lowest BCUT2D eigenvalue weighted by Gasteiger charge is -2.32. The van der Waals surface area contributed by atoms with E-state index in [1.807, 2.05) is 0 Å². The number of anilines is 2. The van der Waals surface area contributed by atoms with E-state index in [2.05, 4.69) is 44.3 Å². The number of hydrogen-bond donors (Lipinski definition) is 2. The summed E-state index contributed by atoms with van der Waals surface area (Å²) in [5.41, 5.74) is 0. The summed E-state index contributed by atoms with van der Waals surface area (Å²) in [5, 5.41) is 6.36. The highest BCUT2D eigenvalue weighted by Gasteiger charge is 2.20. The molecule has 21 heavy (non-hydrogen) atoms. The number of rotatable bonds is 7. The summed E-state index contributed by atoms with van der Waals surface area (Å²) < 4.78 is 5.52. The summed E-state index contributed by atoms with van der Waals surface area (Å²) in [4.78, 5) is 15.4. The molecule has 0 amide bonds. The molecular formula is C14H26N6O. The van der Waals surface area contributed by atoms with Gasteiger partial charge in [0, 0.05) is 19.6 Å². The van der Waals surface area contributed by atoms with Gasteiger partial charge >= 0.3 is 6.01 Å². The minimum Gasteiger partial charge on any atom is -0.463 e. The van der Waals surface area contributed by atoms with Gasteiger partial charge in [0.1, 0.15) is 0 Å². The van der Waals surface area contributed by atoms with Crippen molar-refractivity contribution in [1.82, 2.24) is 19.9 Å². The first-order valence-electron chi connectivity index (χ1n) is 7.80. The third kappa shape index (κ3) is 4.70. The first-order chi connectivity index (χ1) is 10.2. The zero-order chi connectivity index (χ0) is 15.1. The van der Waals surface area contributed by atoms with Crippen molar-refractivity contribution in [3.05, 3.63) is 0 Å². The van der Waals surface area contributed by atoms with E-state index in [9.17, 15) is 0 Å². The smallest absolute Gasteiger partial charge is 0.323 e. The standard InChI is InChI=1S/C14H26N6O/c1-4-9-21-14-18-12(15-3)17-13(19-14)16-11-7-6-8-20(5-2)10-11/h11H,4-10H2,1-3H3,(H2,15,16,17,18,19). The van der Waals surface area contributed by atoms with Gasteiger partial charge in [-0.05, 0) is 32.4 Å². The molecule has 0 aliphatic carbocycles. The highest BCUT2D eigenvalue weighted by Crippen LogP contribution is 2.16. The molecule has 2 rings (SSSR count). The SMILES string of the molecule is CCCOc1nc(NC)nc(NC2CCCN(CC)C2)n1. The average molecular weight is 294 g/mol. The lowest BCUT2D eigenvalue weighted by Crippen LogP contribution is -2.42. The molecule has 1 fully saturated rings. The normalized spacial score (nSPS) is 19.3. The third-order valence-corrected chi connectivity index (χ3v) is 3.56. The van der Waals surface area contributed by atoms with Gasteiger partial charge < -0.3 is 20.3 Å². The van der Waals surface area contributed by atoms with Crippen LogP contribution in [0.15, 0.2) is 0 Å². The van der Waals surface area contributed by atoms with E-state index in [-0.39, 0.29) is 0 Å². The Morgan fingerprint density at radius 1 is 1.24 bits per heavy atom. The van der Waals surface area contributed by atoms with Crippen LogP contribution in [0.25, 0.3) is 0 Å². The van der Waals surface area contributed by atoms with E-state index in [1.165, 1.54) is 13.0 Å². The van der Waals surface area contributed by atoms with Crippen LogP contribution in [0, 0.1) is 0 Å². The van der Waals surface area contributed by atoms with Crippen LogP contribution in [-0.4, -0.2) is 59.2 Å². The molecule has 1 aliphatic heterocycles. The summed E-state index contributed by atoms with van der Waals surface area (Å²) in [6, 6.07) is 0.756. The fourth-order valence-electron chi connectivity index (χ4n) is 2.43. The molecule has 1 unspecified atom stereocenters. The molecule has 0 spiro atoms. The Kier molecular flexibility index (Phi) is 5.98. The highest BCUT2D eigenvalue weighted by atomic mass is 16.5. The second-order valence-electron chi connectivity index (χ2n) is 5.24. The van der Waals surface area contributed by atoms with E-state index in [0.717, 1.165) is 25.9 Å². The summed E-state index contributed by atoms with van der Waals surface area (Å²) in [5.74, 6) is 1.12. The van der Waals surface area contributed by atoms with E-state index in [1.54, 1.807) is 7.05 Å². The van der Waals surface area contributed by atoms with Gasteiger partial charge in [0.15, 0.2) is 0 Å². The van der Waals surface area contributed by atoms with Crippen LogP contribution in [0.5, 0.6) is 6.01 Å². The summed E-state index contributed by atoms with van der Waals surface area (Å²) in [6.07, 6.45) is 3.27. The lowest BCUT2D eigenvalue weighted by molar-refractivity contribution is 0.226. The first-order valence-corrected chi connectivity index (χ1v) is 7.80. The van der Waals surface area contributed by atoms with Crippen molar-refractivity contribution in [3.63, 3.8) is 0 Å². The van der Waals surface area contributed by atoms with Crippen LogP contribution in [0.2, 0.25) is 0 Å². The molecule has 118 valence electrons. The molecule has 0 aromatic carbocycles. The van der Waals surface area contributed by atoms with Gasteiger partial charge in [0.2, 0.25) is 11.9 Å². The fourth-order valence-corrected chi connectivity index (χ4v) is 2.43. The Bertz CT molecular complexity index is 441. The van der Waals surface area contributed by atoms with Crippen LogP contribution in [-0.2, 0) is 0 Å². The number of likely N-dealkylation sites (N-methyl/N-ethyl adjacent to an activating group) is 1. The van der Waals surface area contributed by atoms with Crippen molar-refractivity contribution in [1.29, 1.82) is 0 Å². The topological polar surface area (TPSA) is 75.2 Å². The van der Waals surface area contributed by atoms with Gasteiger partial charge in [-0.1, -0.05) is 13.8 Å². The van der Waals surface area contributed by atoms with Crippen molar-refractivity contribution < 1.29 is 4.74 Å². The molecule has 0 radical (unpaired) electrons. The van der Waals surface area contributed by atoms with Crippen LogP contribution >= 0.6 is 0 Å². The number of nitrogens with one attached hydrogen (secondary N) is 2. The molecule has 1 aliphatic rings. The molecule has 2 N–H and O–H groups in total. The quantitative estimate of drug-likeness (QED) is 0.791. The zero-order valence-electron chi connectivity index (χ0n) is 13.2. The Balaban J connectivity index is 2.03. The predicted octanol–water partition coefficient (Wildman–Crippen LogP) is 1.60. The Morgan fingerprint density at radius 3 is 2.76 bits per heavy atom.